The van der Waals surface area contributed by atoms with Gasteiger partial charge in [-0.25, -0.2) is 9.97 Å². The van der Waals surface area contributed by atoms with Crippen molar-refractivity contribution in [2.45, 2.75) is 40.2 Å². The lowest BCUT2D eigenvalue weighted by Crippen LogP contribution is -2.35. The highest BCUT2D eigenvalue weighted by Gasteiger charge is 2.19. The SMILES string of the molecule is CCN(Cc1ccccc1)c1cc(N2CCCC(C)C2)nc(C)n1. The second-order valence-electron chi connectivity index (χ2n) is 6.82. The van der Waals surface area contributed by atoms with Gasteiger partial charge in [-0.1, -0.05) is 37.3 Å². The Labute approximate surface area is 145 Å². The van der Waals surface area contributed by atoms with E-state index in [1.807, 2.05) is 6.92 Å². The molecule has 0 amide bonds. The molecule has 0 radical (unpaired) electrons. The summed E-state index contributed by atoms with van der Waals surface area (Å²) in [6.07, 6.45) is 2.57. The lowest BCUT2D eigenvalue weighted by molar-refractivity contribution is 0.444. The first-order valence-corrected chi connectivity index (χ1v) is 9.05. The molecule has 4 nitrogen and oxygen atoms in total. The first-order chi connectivity index (χ1) is 11.7. The normalized spacial score (nSPS) is 17.8. The highest BCUT2D eigenvalue weighted by molar-refractivity contribution is 5.51. The highest BCUT2D eigenvalue weighted by atomic mass is 15.2. The smallest absolute Gasteiger partial charge is 0.134 e. The van der Waals surface area contributed by atoms with E-state index in [1.54, 1.807) is 0 Å². The molecule has 4 heteroatoms. The molecule has 2 heterocycles. The molecule has 1 unspecified atom stereocenters. The third-order valence-corrected chi connectivity index (χ3v) is 4.71. The zero-order chi connectivity index (χ0) is 16.9. The molecule has 128 valence electrons. The molecule has 3 rings (SSSR count). The summed E-state index contributed by atoms with van der Waals surface area (Å²) in [5.74, 6) is 3.70. The molecule has 2 aromatic rings. The molecule has 1 saturated heterocycles. The second-order valence-corrected chi connectivity index (χ2v) is 6.82. The van der Waals surface area contributed by atoms with Crippen molar-refractivity contribution in [3.05, 3.63) is 47.8 Å². The van der Waals surface area contributed by atoms with Gasteiger partial charge in [0.2, 0.25) is 0 Å². The summed E-state index contributed by atoms with van der Waals surface area (Å²) in [5.41, 5.74) is 1.31. The Kier molecular flexibility index (Phi) is 5.34. The largest absolute Gasteiger partial charge is 0.356 e. The number of nitrogens with zero attached hydrogens (tertiary/aromatic N) is 4. The molecule has 0 bridgehead atoms. The van der Waals surface area contributed by atoms with E-state index in [-0.39, 0.29) is 0 Å². The standard InChI is InChI=1S/C20H28N4/c1-4-23(15-18-10-6-5-7-11-18)19-13-20(22-17(3)21-19)24-12-8-9-16(2)14-24/h5-7,10-11,13,16H,4,8-9,12,14-15H2,1-3H3. The van der Waals surface area contributed by atoms with Gasteiger partial charge in [0.15, 0.2) is 0 Å². The number of rotatable bonds is 5. The zero-order valence-electron chi connectivity index (χ0n) is 15.1. The predicted octanol–water partition coefficient (Wildman–Crippen LogP) is 4.05. The van der Waals surface area contributed by atoms with Gasteiger partial charge in [0.1, 0.15) is 17.5 Å². The van der Waals surface area contributed by atoms with Crippen molar-refractivity contribution >= 4 is 11.6 Å². The molecule has 24 heavy (non-hydrogen) atoms. The van der Waals surface area contributed by atoms with E-state index in [0.29, 0.717) is 0 Å². The van der Waals surface area contributed by atoms with Gasteiger partial charge in [-0.05, 0) is 38.2 Å². The van der Waals surface area contributed by atoms with E-state index < -0.39 is 0 Å². The molecule has 1 atom stereocenters. The molecule has 0 aliphatic carbocycles. The van der Waals surface area contributed by atoms with Crippen molar-refractivity contribution in [1.82, 2.24) is 9.97 Å². The van der Waals surface area contributed by atoms with Crippen LogP contribution < -0.4 is 9.80 Å². The van der Waals surface area contributed by atoms with Gasteiger partial charge in [0.05, 0.1) is 0 Å². The van der Waals surface area contributed by atoms with Gasteiger partial charge >= 0.3 is 0 Å². The van der Waals surface area contributed by atoms with Gasteiger partial charge < -0.3 is 9.80 Å². The highest BCUT2D eigenvalue weighted by Crippen LogP contribution is 2.25. The molecule has 1 aliphatic rings. The van der Waals surface area contributed by atoms with Crippen LogP contribution in [-0.4, -0.2) is 29.6 Å². The van der Waals surface area contributed by atoms with Crippen molar-refractivity contribution in [2.75, 3.05) is 29.4 Å². The topological polar surface area (TPSA) is 32.3 Å². The van der Waals surface area contributed by atoms with Gasteiger partial charge in [-0.3, -0.25) is 0 Å². The average molecular weight is 324 g/mol. The first-order valence-electron chi connectivity index (χ1n) is 9.05. The molecular weight excluding hydrogens is 296 g/mol. The van der Waals surface area contributed by atoms with Crippen LogP contribution in [0.15, 0.2) is 36.4 Å². The fourth-order valence-corrected chi connectivity index (χ4v) is 3.42. The lowest BCUT2D eigenvalue weighted by atomic mass is 10.0. The van der Waals surface area contributed by atoms with Crippen LogP contribution >= 0.6 is 0 Å². The van der Waals surface area contributed by atoms with E-state index >= 15 is 0 Å². The summed E-state index contributed by atoms with van der Waals surface area (Å²) < 4.78 is 0. The molecular formula is C20H28N4. The zero-order valence-corrected chi connectivity index (χ0v) is 15.1. The number of anilines is 2. The van der Waals surface area contributed by atoms with Gasteiger partial charge in [-0.15, -0.1) is 0 Å². The Morgan fingerprint density at radius 1 is 1.21 bits per heavy atom. The summed E-state index contributed by atoms with van der Waals surface area (Å²) >= 11 is 0. The second kappa shape index (κ2) is 7.65. The molecule has 1 aromatic carbocycles. The van der Waals surface area contributed by atoms with Crippen molar-refractivity contribution in [2.24, 2.45) is 5.92 Å². The van der Waals surface area contributed by atoms with E-state index in [4.69, 9.17) is 9.97 Å². The fraction of sp³-hybridized carbons (Fsp3) is 0.500. The lowest BCUT2D eigenvalue weighted by Gasteiger charge is -2.32. The number of hydrogen-bond donors (Lipinski definition) is 0. The number of aromatic nitrogens is 2. The molecule has 0 N–H and O–H groups in total. The van der Waals surface area contributed by atoms with Crippen molar-refractivity contribution in [3.63, 3.8) is 0 Å². The number of hydrogen-bond acceptors (Lipinski definition) is 4. The summed E-state index contributed by atoms with van der Waals surface area (Å²) in [6, 6.07) is 12.7. The molecule has 0 spiro atoms. The van der Waals surface area contributed by atoms with E-state index in [2.05, 4.69) is 60.0 Å². The fourth-order valence-electron chi connectivity index (χ4n) is 3.42. The third kappa shape index (κ3) is 4.05. The molecule has 1 aromatic heterocycles. The van der Waals surface area contributed by atoms with E-state index in [1.165, 1.54) is 18.4 Å². The Bertz CT molecular complexity index is 656. The summed E-state index contributed by atoms with van der Waals surface area (Å²) in [4.78, 5) is 14.1. The minimum absolute atomic E-state index is 0.740. The summed E-state index contributed by atoms with van der Waals surface area (Å²) in [6.45, 7) is 10.5. The first kappa shape index (κ1) is 16.7. The van der Waals surface area contributed by atoms with Crippen LogP contribution in [0.5, 0.6) is 0 Å². The van der Waals surface area contributed by atoms with E-state index in [9.17, 15) is 0 Å². The van der Waals surface area contributed by atoms with Crippen LogP contribution in [0, 0.1) is 12.8 Å². The summed E-state index contributed by atoms with van der Waals surface area (Å²) in [5, 5.41) is 0. The Balaban J connectivity index is 1.83. The van der Waals surface area contributed by atoms with Crippen LogP contribution in [0.4, 0.5) is 11.6 Å². The third-order valence-electron chi connectivity index (χ3n) is 4.71. The minimum atomic E-state index is 0.740. The van der Waals surface area contributed by atoms with Crippen LogP contribution in [0.2, 0.25) is 0 Å². The van der Waals surface area contributed by atoms with Gasteiger partial charge in [0.25, 0.3) is 0 Å². The van der Waals surface area contributed by atoms with Crippen LogP contribution in [0.1, 0.15) is 38.1 Å². The number of benzene rings is 1. The molecule has 0 saturated carbocycles. The molecule has 1 fully saturated rings. The van der Waals surface area contributed by atoms with E-state index in [0.717, 1.165) is 49.6 Å². The average Bonchev–Trinajstić information content (AvgIpc) is 2.60. The van der Waals surface area contributed by atoms with Gasteiger partial charge in [0, 0.05) is 32.2 Å². The number of piperidine rings is 1. The Morgan fingerprint density at radius 2 is 2.00 bits per heavy atom. The monoisotopic (exact) mass is 324 g/mol. The van der Waals surface area contributed by atoms with Gasteiger partial charge in [-0.2, -0.15) is 0 Å². The maximum absolute atomic E-state index is 4.70. The minimum Gasteiger partial charge on any atom is -0.356 e. The van der Waals surface area contributed by atoms with Crippen LogP contribution in [-0.2, 0) is 6.54 Å². The van der Waals surface area contributed by atoms with Crippen LogP contribution in [0.3, 0.4) is 0 Å². The Hall–Kier alpha value is -2.10. The van der Waals surface area contributed by atoms with Crippen LogP contribution in [0.25, 0.3) is 0 Å². The van der Waals surface area contributed by atoms with Crippen molar-refractivity contribution in [1.29, 1.82) is 0 Å². The maximum atomic E-state index is 4.70. The Morgan fingerprint density at radius 3 is 2.71 bits per heavy atom. The number of aryl methyl sites for hydroxylation is 1. The summed E-state index contributed by atoms with van der Waals surface area (Å²) in [7, 11) is 0. The van der Waals surface area contributed by atoms with Crippen molar-refractivity contribution in [3.8, 4) is 0 Å². The molecule has 1 aliphatic heterocycles. The maximum Gasteiger partial charge on any atom is 0.134 e. The predicted molar refractivity (Wildman–Crippen MR) is 101 cm³/mol. The quantitative estimate of drug-likeness (QED) is 0.830. The van der Waals surface area contributed by atoms with Crippen molar-refractivity contribution < 1.29 is 0 Å².